The molecular weight excluding hydrogens is 1040 g/mol. The second-order valence-electron chi connectivity index (χ2n) is 33.5. The molecule has 7 aliphatic carbocycles. The number of hydrogen-bond acceptors (Lipinski definition) is 0. The lowest BCUT2D eigenvalue weighted by molar-refractivity contribution is 0.228. The van der Waals surface area contributed by atoms with E-state index in [0.717, 1.165) is 83.9 Å². The van der Waals surface area contributed by atoms with E-state index in [2.05, 4.69) is 162 Å². The Morgan fingerprint density at radius 3 is 0.816 bits per heavy atom. The Morgan fingerprint density at radius 2 is 0.632 bits per heavy atom. The summed E-state index contributed by atoms with van der Waals surface area (Å²) in [5, 5.41) is 0. The Bertz CT molecular complexity index is 1630. The molecule has 0 aromatic heterocycles. The first-order chi connectivity index (χ1) is 42.5. The van der Waals surface area contributed by atoms with Gasteiger partial charge in [-0.15, -0.1) is 0 Å². The molecule has 0 amide bonds. The maximum Gasteiger partial charge on any atom is 0.0305 e. The lowest BCUT2D eigenvalue weighted by atomic mass is 9.78. The van der Waals surface area contributed by atoms with Crippen molar-refractivity contribution < 1.29 is 5.48 Å². The summed E-state index contributed by atoms with van der Waals surface area (Å²) in [6.45, 7) is 57.1. The standard InChI is InChI=1S/C11H22.C10H14.C10H20.3C9H18.C8H16.C8H18.C7H14.2C3H8/c1-10(2)11-8-6-4-3-5-7-9-11;1-9(2)8-10-6-4-3-5-7-10;1-9(2)10-7-5-3-4-6-8-10;1-8(2)9(3)6-4-5-7-9;2*1-8(2)9-6-4-3-5-7-9;1-7(2)8-5-3-4-6-8;1-7(2)6-8(3,4)5;1-6(2)7-4-3-5-7;2*1-3-2/h10-11H,3-9H2,1-2H3;3-7,9H,8H2,1-2H3;9-10H,3-8H2,1-2H3;8H,4-7H2,1-3H3;2*8-9H,3-7H2,1-2H3;7-8H,3-6H2,1-2H3;7H,6H2,1-5H3;6-7H,3-5H2,1-2H3;2*3H2,1-2H3/i;;;;9D;;;6D2;;3D;. The Balaban J connectivity index is -0.000000946. The van der Waals surface area contributed by atoms with E-state index in [9.17, 15) is 0 Å². The van der Waals surface area contributed by atoms with Gasteiger partial charge in [0.2, 0.25) is 0 Å². The number of benzene rings is 1. The maximum atomic E-state index is 8.08. The van der Waals surface area contributed by atoms with Gasteiger partial charge in [-0.2, -0.15) is 0 Å². The maximum absolute atomic E-state index is 8.08. The smallest absolute Gasteiger partial charge is 0.0305 e. The minimum atomic E-state index is -1.06. The van der Waals surface area contributed by atoms with Crippen LogP contribution < -0.4 is 0 Å². The molecule has 0 nitrogen and oxygen atoms in total. The molecule has 0 N–H and O–H groups in total. The minimum absolute atomic E-state index is 0.0712. The molecule has 0 radical (unpaired) electrons. The van der Waals surface area contributed by atoms with Crippen LogP contribution in [0.4, 0.5) is 0 Å². The SMILES string of the molecule is CC(C)C1(C)CCCC1.CC(C)C1CCC1.CC(C)C1CCCC1.CC(C)C1CCCCC1.CC(C)C1CCCCCC1.CC(C)C1CCCCCCC1.CC(C)Cc1ccccc1.CCC.[2H]C(C)C.[2H]C([2H])(C(C)C)C(C)(C)C.[2H]C1(C(C)C)CCCCC1. The van der Waals surface area contributed by atoms with Gasteiger partial charge in [0, 0.05) is 5.48 Å². The molecule has 7 fully saturated rings. The molecule has 8 rings (SSSR count). The lowest BCUT2D eigenvalue weighted by Gasteiger charge is -2.28. The Kier molecular flexibility index (Phi) is 54.7. The summed E-state index contributed by atoms with van der Waals surface area (Å²) in [4.78, 5) is 0. The molecule has 0 unspecified atom stereocenters. The van der Waals surface area contributed by atoms with Crippen molar-refractivity contribution in [3.8, 4) is 0 Å². The second-order valence-corrected chi connectivity index (χ2v) is 33.5. The summed E-state index contributed by atoms with van der Waals surface area (Å²) in [7, 11) is 0. The largest absolute Gasteiger partial charge is 0.0656 e. The number of rotatable bonds is 10. The van der Waals surface area contributed by atoms with Gasteiger partial charge in [0.15, 0.2) is 0 Å². The molecule has 0 saturated heterocycles. The predicted octanol–water partition coefficient (Wildman–Crippen LogP) is 31.4. The van der Waals surface area contributed by atoms with E-state index in [-0.39, 0.29) is 23.6 Å². The van der Waals surface area contributed by atoms with Crippen molar-refractivity contribution in [2.75, 3.05) is 0 Å². The third-order valence-corrected chi connectivity index (χ3v) is 20.6. The summed E-state index contributed by atoms with van der Waals surface area (Å²) < 4.78 is 30.1. The number of hydrogen-bond donors (Lipinski definition) is 0. The second kappa shape index (κ2) is 57.8. The molecule has 1 aromatic carbocycles. The van der Waals surface area contributed by atoms with Crippen molar-refractivity contribution in [1.29, 1.82) is 0 Å². The normalized spacial score (nSPS) is 20.9. The van der Waals surface area contributed by atoms with Crippen LogP contribution in [0.1, 0.15) is 429 Å². The topological polar surface area (TPSA) is 0 Å². The van der Waals surface area contributed by atoms with Crippen LogP contribution in [0.25, 0.3) is 0 Å². The fourth-order valence-electron chi connectivity index (χ4n) is 14.0. The first-order valence-corrected chi connectivity index (χ1v) is 39.4. The highest BCUT2D eigenvalue weighted by Gasteiger charge is 2.31. The zero-order valence-electron chi connectivity index (χ0n) is 69.5. The highest BCUT2D eigenvalue weighted by Crippen LogP contribution is 2.43. The minimum Gasteiger partial charge on any atom is -0.0656 e. The summed E-state index contributed by atoms with van der Waals surface area (Å²) in [5.74, 6) is 12.2. The highest BCUT2D eigenvalue weighted by molar-refractivity contribution is 5.14. The molecule has 0 heteroatoms. The quantitative estimate of drug-likeness (QED) is 0.205. The van der Waals surface area contributed by atoms with Crippen molar-refractivity contribution in [3.05, 3.63) is 35.9 Å². The monoisotopic (exact) mass is 1220 g/mol. The van der Waals surface area contributed by atoms with E-state index in [1.807, 2.05) is 48.5 Å². The molecule has 1 aromatic rings. The van der Waals surface area contributed by atoms with Crippen molar-refractivity contribution in [2.24, 2.45) is 99.6 Å². The van der Waals surface area contributed by atoms with Gasteiger partial charge in [-0.05, 0) is 131 Å². The van der Waals surface area contributed by atoms with Crippen LogP contribution in [0.5, 0.6) is 0 Å². The van der Waals surface area contributed by atoms with Gasteiger partial charge in [0.1, 0.15) is 0 Å². The van der Waals surface area contributed by atoms with E-state index in [0.29, 0.717) is 11.3 Å². The third-order valence-electron chi connectivity index (χ3n) is 20.6. The molecule has 0 aliphatic heterocycles. The highest BCUT2D eigenvalue weighted by atomic mass is 14.4. The van der Waals surface area contributed by atoms with Crippen LogP contribution in [0.15, 0.2) is 30.3 Å². The van der Waals surface area contributed by atoms with E-state index in [1.165, 1.54) is 224 Å². The molecule has 87 heavy (non-hydrogen) atoms. The molecular formula is C87H174. The van der Waals surface area contributed by atoms with Crippen molar-refractivity contribution in [1.82, 2.24) is 0 Å². The zero-order chi connectivity index (χ0) is 70.2. The van der Waals surface area contributed by atoms with Gasteiger partial charge in [-0.3, -0.25) is 0 Å². The lowest BCUT2D eigenvalue weighted by Crippen LogP contribution is -2.18. The Morgan fingerprint density at radius 1 is 0.379 bits per heavy atom. The predicted molar refractivity (Wildman–Crippen MR) is 406 cm³/mol. The molecule has 0 atom stereocenters. The third kappa shape index (κ3) is 55.4. The Hall–Kier alpha value is -0.780. The summed E-state index contributed by atoms with van der Waals surface area (Å²) in [6, 6.07) is 10.6. The fourth-order valence-corrected chi connectivity index (χ4v) is 14.0. The molecule has 0 heterocycles. The van der Waals surface area contributed by atoms with E-state index in [1.54, 1.807) is 0 Å². The Labute approximate surface area is 562 Å². The summed E-state index contributed by atoms with van der Waals surface area (Å²) >= 11 is 0. The average molecular weight is 1220 g/mol. The first-order valence-electron chi connectivity index (χ1n) is 41.5. The van der Waals surface area contributed by atoms with Crippen LogP contribution in [0, 0.1) is 99.6 Å². The fraction of sp³-hybridized carbons (Fsp3) is 0.931. The molecule has 0 spiro atoms. The van der Waals surface area contributed by atoms with Gasteiger partial charge in [0.05, 0.1) is 0 Å². The van der Waals surface area contributed by atoms with E-state index >= 15 is 0 Å². The van der Waals surface area contributed by atoms with Crippen LogP contribution in [0.3, 0.4) is 0 Å². The van der Waals surface area contributed by atoms with Gasteiger partial charge in [-0.1, -0.05) is 429 Å². The van der Waals surface area contributed by atoms with Crippen molar-refractivity contribution in [2.45, 2.75) is 424 Å². The van der Waals surface area contributed by atoms with E-state index < -0.39 is 6.37 Å². The molecule has 0 bridgehead atoms. The molecule has 522 valence electrons. The van der Waals surface area contributed by atoms with E-state index in [4.69, 9.17) is 5.48 Å². The summed E-state index contributed by atoms with van der Waals surface area (Å²) in [6.07, 6.45) is 50.8. The molecule has 7 aliphatic rings. The van der Waals surface area contributed by atoms with Gasteiger partial charge in [-0.25, -0.2) is 0 Å². The first kappa shape index (κ1) is 82.3. The summed E-state index contributed by atoms with van der Waals surface area (Å²) in [5.41, 5.74) is 1.89. The van der Waals surface area contributed by atoms with Crippen LogP contribution in [-0.4, -0.2) is 0 Å². The van der Waals surface area contributed by atoms with Crippen LogP contribution in [-0.2, 0) is 6.42 Å². The van der Waals surface area contributed by atoms with Crippen LogP contribution in [0.2, 0.25) is 0 Å². The average Bonchev–Trinajstić information content (AvgIpc) is 2.47. The van der Waals surface area contributed by atoms with Gasteiger partial charge >= 0.3 is 0 Å². The van der Waals surface area contributed by atoms with Crippen molar-refractivity contribution in [3.63, 3.8) is 0 Å². The van der Waals surface area contributed by atoms with Gasteiger partial charge in [0.25, 0.3) is 0 Å². The van der Waals surface area contributed by atoms with Gasteiger partial charge < -0.3 is 0 Å². The molecule has 7 saturated carbocycles. The zero-order valence-corrected chi connectivity index (χ0v) is 65.5. The van der Waals surface area contributed by atoms with Crippen molar-refractivity contribution >= 4 is 0 Å². The van der Waals surface area contributed by atoms with Crippen LogP contribution >= 0.6 is 0 Å².